The highest BCUT2D eigenvalue weighted by Crippen LogP contribution is 2.64. The van der Waals surface area contributed by atoms with Crippen LogP contribution in [0.2, 0.25) is 0 Å². The second-order valence-corrected chi connectivity index (χ2v) is 11.4. The van der Waals surface area contributed by atoms with Gasteiger partial charge in [-0.3, -0.25) is 0 Å². The molecule has 0 spiro atoms. The van der Waals surface area contributed by atoms with Gasteiger partial charge in [0.05, 0.1) is 5.56 Å². The molecule has 4 aliphatic rings. The number of aliphatic carboxylic acids is 1. The number of carbonyl (C=O) groups excluding carboxylic acids is 2. The Balaban J connectivity index is 1.30. The van der Waals surface area contributed by atoms with E-state index in [0.717, 1.165) is 17.8 Å². The second-order valence-electron chi connectivity index (χ2n) is 11.4. The van der Waals surface area contributed by atoms with E-state index in [2.05, 4.69) is 13.8 Å². The molecule has 5 nitrogen and oxygen atoms in total. The van der Waals surface area contributed by atoms with Crippen LogP contribution in [0, 0.1) is 23.2 Å². The van der Waals surface area contributed by atoms with Crippen molar-refractivity contribution in [3.63, 3.8) is 0 Å². The predicted molar refractivity (Wildman–Crippen MR) is 126 cm³/mol. The van der Waals surface area contributed by atoms with E-state index in [1.807, 2.05) is 0 Å². The van der Waals surface area contributed by atoms with Crippen LogP contribution < -0.4 is 9.84 Å². The molecule has 4 saturated carbocycles. The minimum Gasteiger partial charge on any atom is -0.544 e. The highest BCUT2D eigenvalue weighted by atomic mass is 19.3. The summed E-state index contributed by atoms with van der Waals surface area (Å²) < 4.78 is 40.2. The minimum absolute atomic E-state index is 0.0186. The summed E-state index contributed by atoms with van der Waals surface area (Å²) in [4.78, 5) is 23.8. The third-order valence-electron chi connectivity index (χ3n) is 8.71. The summed E-state index contributed by atoms with van der Waals surface area (Å²) in [7, 11) is 0. The van der Waals surface area contributed by atoms with Crippen molar-refractivity contribution >= 4 is 11.9 Å². The zero-order chi connectivity index (χ0) is 25.7. The van der Waals surface area contributed by atoms with Crippen molar-refractivity contribution < 1.29 is 33.0 Å². The smallest absolute Gasteiger partial charge is 0.338 e. The van der Waals surface area contributed by atoms with Crippen LogP contribution in [0.15, 0.2) is 54.6 Å². The maximum Gasteiger partial charge on any atom is 0.338 e. The third kappa shape index (κ3) is 4.37. The van der Waals surface area contributed by atoms with Crippen LogP contribution in [-0.2, 0) is 9.53 Å². The highest BCUT2D eigenvalue weighted by Gasteiger charge is 2.58. The van der Waals surface area contributed by atoms with Crippen LogP contribution in [-0.4, -0.2) is 23.5 Å². The van der Waals surface area contributed by atoms with Gasteiger partial charge in [0, 0.05) is 5.41 Å². The van der Waals surface area contributed by atoms with Crippen LogP contribution in [0.3, 0.4) is 0 Å². The standard InChI is InChI=1S/C29H32F2O5/c1-27(2,28-15-18-12-19(16-28)14-20(13-18)17-28)36-23-10-8-22(9-11-23)25(32)35-24(29(30,31)26(33)34)21-6-4-3-5-7-21/h3-11,18-20,24H,12-17H2,1-2H3,(H,33,34)/p-1. The number of ether oxygens (including phenoxy) is 2. The van der Waals surface area contributed by atoms with Gasteiger partial charge in [0.1, 0.15) is 17.3 Å². The average molecular weight is 498 g/mol. The number of carboxylic acids is 1. The lowest BCUT2D eigenvalue weighted by molar-refractivity contribution is -0.336. The van der Waals surface area contributed by atoms with Gasteiger partial charge < -0.3 is 19.4 Å². The van der Waals surface area contributed by atoms with Gasteiger partial charge in [0.25, 0.3) is 0 Å². The van der Waals surface area contributed by atoms with Crippen LogP contribution in [0.4, 0.5) is 8.78 Å². The van der Waals surface area contributed by atoms with Crippen molar-refractivity contribution in [2.45, 2.75) is 70.0 Å². The Morgan fingerprint density at radius 1 is 0.917 bits per heavy atom. The minimum atomic E-state index is -4.40. The maximum absolute atomic E-state index is 14.4. The Morgan fingerprint density at radius 3 is 1.94 bits per heavy atom. The molecule has 1 atom stereocenters. The fourth-order valence-electron chi connectivity index (χ4n) is 7.17. The lowest BCUT2D eigenvalue weighted by atomic mass is 9.46. The Kier molecular flexibility index (Phi) is 6.08. The molecular weight excluding hydrogens is 466 g/mol. The van der Waals surface area contributed by atoms with E-state index >= 15 is 0 Å². The average Bonchev–Trinajstić information content (AvgIpc) is 2.82. The molecule has 0 heterocycles. The summed E-state index contributed by atoms with van der Waals surface area (Å²) >= 11 is 0. The molecule has 1 unspecified atom stereocenters. The van der Waals surface area contributed by atoms with E-state index in [4.69, 9.17) is 9.47 Å². The number of hydrogen-bond acceptors (Lipinski definition) is 5. The van der Waals surface area contributed by atoms with Crippen molar-refractivity contribution in [1.82, 2.24) is 0 Å². The van der Waals surface area contributed by atoms with E-state index in [1.54, 1.807) is 18.2 Å². The van der Waals surface area contributed by atoms with Gasteiger partial charge in [-0.1, -0.05) is 30.3 Å². The topological polar surface area (TPSA) is 75.7 Å². The summed E-state index contributed by atoms with van der Waals surface area (Å²) in [6.07, 6.45) is 5.26. The normalized spacial score (nSPS) is 27.9. The van der Waals surface area contributed by atoms with Crippen LogP contribution >= 0.6 is 0 Å². The maximum atomic E-state index is 14.4. The molecule has 6 rings (SSSR count). The van der Waals surface area contributed by atoms with Crippen molar-refractivity contribution in [3.05, 3.63) is 65.7 Å². The monoisotopic (exact) mass is 497 g/mol. The molecule has 0 aliphatic heterocycles. The molecular formula is C29H31F2O5-. The fraction of sp³-hybridized carbons (Fsp3) is 0.517. The van der Waals surface area contributed by atoms with Gasteiger partial charge in [-0.25, -0.2) is 4.79 Å². The Hall–Kier alpha value is -2.96. The van der Waals surface area contributed by atoms with E-state index < -0.39 is 24.0 Å². The van der Waals surface area contributed by atoms with Crippen LogP contribution in [0.5, 0.6) is 5.75 Å². The van der Waals surface area contributed by atoms with Crippen molar-refractivity contribution in [2.24, 2.45) is 23.2 Å². The van der Waals surface area contributed by atoms with Crippen molar-refractivity contribution in [3.8, 4) is 5.75 Å². The first-order valence-electron chi connectivity index (χ1n) is 12.6. The van der Waals surface area contributed by atoms with Gasteiger partial charge in [-0.15, -0.1) is 0 Å². The molecule has 0 amide bonds. The summed E-state index contributed by atoms with van der Waals surface area (Å²) in [5.41, 5.74) is -0.374. The molecule has 36 heavy (non-hydrogen) atoms. The van der Waals surface area contributed by atoms with E-state index in [9.17, 15) is 23.5 Å². The number of benzene rings is 2. The number of carboxylic acid groups (broad SMARTS) is 1. The number of carbonyl (C=O) groups is 2. The first kappa shape index (κ1) is 24.7. The molecule has 0 N–H and O–H groups in total. The fourth-order valence-corrected chi connectivity index (χ4v) is 7.17. The zero-order valence-electron chi connectivity index (χ0n) is 20.5. The molecule has 2 aromatic rings. The quantitative estimate of drug-likeness (QED) is 0.460. The largest absolute Gasteiger partial charge is 0.544 e. The summed E-state index contributed by atoms with van der Waals surface area (Å²) in [6.45, 7) is 4.30. The van der Waals surface area contributed by atoms with E-state index in [0.29, 0.717) is 5.75 Å². The predicted octanol–water partition coefficient (Wildman–Crippen LogP) is 5.34. The molecule has 4 aliphatic carbocycles. The molecule has 0 radical (unpaired) electrons. The SMILES string of the molecule is CC(C)(Oc1ccc(C(=O)OC(c2ccccc2)C(F)(F)C(=O)[O-])cc1)C12CC3CC(CC(C3)C1)C2. The molecule has 4 fully saturated rings. The summed E-state index contributed by atoms with van der Waals surface area (Å²) in [5.74, 6) is -5.13. The second kappa shape index (κ2) is 8.86. The van der Waals surface area contributed by atoms with Crippen molar-refractivity contribution in [2.75, 3.05) is 0 Å². The van der Waals surface area contributed by atoms with E-state index in [-0.39, 0.29) is 22.1 Å². The summed E-state index contributed by atoms with van der Waals surface area (Å²) in [6, 6.07) is 13.2. The number of hydrogen-bond donors (Lipinski definition) is 0. The number of halogens is 2. The van der Waals surface area contributed by atoms with Gasteiger partial charge in [0.15, 0.2) is 6.10 Å². The Morgan fingerprint density at radius 2 is 1.44 bits per heavy atom. The first-order valence-corrected chi connectivity index (χ1v) is 12.6. The first-order chi connectivity index (χ1) is 17.0. The van der Waals surface area contributed by atoms with Crippen LogP contribution in [0.1, 0.15) is 74.4 Å². The lowest BCUT2D eigenvalue weighted by Gasteiger charge is -2.61. The number of alkyl halides is 2. The van der Waals surface area contributed by atoms with Gasteiger partial charge in [-0.05, 0) is 100.0 Å². The zero-order valence-corrected chi connectivity index (χ0v) is 20.5. The molecule has 0 aromatic heterocycles. The number of esters is 1. The third-order valence-corrected chi connectivity index (χ3v) is 8.71. The Labute approximate surface area is 209 Å². The summed E-state index contributed by atoms with van der Waals surface area (Å²) in [5, 5.41) is 11.1. The molecule has 4 bridgehead atoms. The highest BCUT2D eigenvalue weighted by molar-refractivity contribution is 5.90. The lowest BCUT2D eigenvalue weighted by Crippen LogP contribution is -2.58. The number of rotatable bonds is 8. The molecule has 192 valence electrons. The Bertz CT molecular complexity index is 1090. The van der Waals surface area contributed by atoms with E-state index in [1.165, 1.54) is 74.9 Å². The van der Waals surface area contributed by atoms with Gasteiger partial charge >= 0.3 is 11.9 Å². The van der Waals surface area contributed by atoms with Crippen LogP contribution in [0.25, 0.3) is 0 Å². The van der Waals surface area contributed by atoms with Gasteiger partial charge in [0.2, 0.25) is 0 Å². The van der Waals surface area contributed by atoms with Gasteiger partial charge in [-0.2, -0.15) is 8.78 Å². The molecule has 2 aromatic carbocycles. The molecule has 7 heteroatoms. The molecule has 0 saturated heterocycles. The van der Waals surface area contributed by atoms with Crippen molar-refractivity contribution in [1.29, 1.82) is 0 Å².